The predicted molar refractivity (Wildman–Crippen MR) is 71.1 cm³/mol. The topological polar surface area (TPSA) is 75.8 Å². The Morgan fingerprint density at radius 3 is 2.00 bits per heavy atom. The van der Waals surface area contributed by atoms with Crippen LogP contribution in [0.4, 0.5) is 4.79 Å². The van der Waals surface area contributed by atoms with E-state index in [0.717, 1.165) is 4.90 Å². The van der Waals surface area contributed by atoms with E-state index < -0.39 is 11.4 Å². The number of imide groups is 1. The van der Waals surface area contributed by atoms with Crippen LogP contribution < -0.4 is 5.73 Å². The third-order valence-electron chi connectivity index (χ3n) is 3.22. The molecule has 102 valence electrons. The van der Waals surface area contributed by atoms with Crippen molar-refractivity contribution in [2.24, 2.45) is 28.0 Å². The minimum atomic E-state index is -0.814. The SMILES string of the molecule is CC(C)CC1(CC(C)C)C(=O)N(C)C(=O)N=C1N. The zero-order valence-corrected chi connectivity index (χ0v) is 11.9. The number of amidine groups is 1. The second-order valence-corrected chi connectivity index (χ2v) is 5.92. The van der Waals surface area contributed by atoms with Crippen molar-refractivity contribution in [3.05, 3.63) is 0 Å². The van der Waals surface area contributed by atoms with Gasteiger partial charge in [0.05, 0.1) is 0 Å². The standard InChI is InChI=1S/C13H23N3O2/c1-8(2)6-13(7-9(3)4)10(14)15-12(18)16(5)11(13)17/h8-9H,6-7H2,1-5H3,(H2,14,15,18). The van der Waals surface area contributed by atoms with Crippen LogP contribution in [0.1, 0.15) is 40.5 Å². The van der Waals surface area contributed by atoms with Crippen molar-refractivity contribution in [3.63, 3.8) is 0 Å². The van der Waals surface area contributed by atoms with Crippen LogP contribution >= 0.6 is 0 Å². The number of aliphatic imine (C=N–C) groups is 1. The molecule has 0 saturated carbocycles. The summed E-state index contributed by atoms with van der Waals surface area (Å²) in [6.07, 6.45) is 1.24. The molecule has 0 spiro atoms. The fourth-order valence-electron chi connectivity index (χ4n) is 2.66. The van der Waals surface area contributed by atoms with Gasteiger partial charge in [-0.3, -0.25) is 9.69 Å². The molecule has 3 amide bonds. The van der Waals surface area contributed by atoms with Crippen molar-refractivity contribution in [1.82, 2.24) is 4.90 Å². The minimum absolute atomic E-state index is 0.179. The van der Waals surface area contributed by atoms with Crippen molar-refractivity contribution in [2.75, 3.05) is 7.05 Å². The third-order valence-corrected chi connectivity index (χ3v) is 3.22. The fraction of sp³-hybridized carbons (Fsp3) is 0.769. The lowest BCUT2D eigenvalue weighted by Crippen LogP contribution is -2.56. The zero-order chi connectivity index (χ0) is 14.1. The van der Waals surface area contributed by atoms with Gasteiger partial charge in [0.1, 0.15) is 11.3 Å². The number of urea groups is 1. The average Bonchev–Trinajstić information content (AvgIpc) is 2.22. The Balaban J connectivity index is 3.26. The molecule has 0 unspecified atom stereocenters. The van der Waals surface area contributed by atoms with E-state index in [9.17, 15) is 9.59 Å². The maximum Gasteiger partial charge on any atom is 0.351 e. The molecule has 0 atom stereocenters. The van der Waals surface area contributed by atoms with Gasteiger partial charge in [0, 0.05) is 7.05 Å². The second-order valence-electron chi connectivity index (χ2n) is 5.92. The number of nitrogens with two attached hydrogens (primary N) is 1. The van der Waals surface area contributed by atoms with Gasteiger partial charge in [-0.15, -0.1) is 0 Å². The molecule has 0 aromatic carbocycles. The molecule has 0 aromatic rings. The summed E-state index contributed by atoms with van der Waals surface area (Å²) in [5.74, 6) is 0.575. The smallest absolute Gasteiger partial charge is 0.351 e. The first-order valence-electron chi connectivity index (χ1n) is 6.37. The van der Waals surface area contributed by atoms with Gasteiger partial charge < -0.3 is 5.73 Å². The van der Waals surface area contributed by atoms with Gasteiger partial charge in [0.15, 0.2) is 0 Å². The Kier molecular flexibility index (Phi) is 4.14. The summed E-state index contributed by atoms with van der Waals surface area (Å²) in [6.45, 7) is 8.16. The molecule has 1 aliphatic heterocycles. The van der Waals surface area contributed by atoms with Crippen molar-refractivity contribution >= 4 is 17.8 Å². The molecule has 0 aromatic heterocycles. The third kappa shape index (κ3) is 2.54. The maximum absolute atomic E-state index is 12.5. The van der Waals surface area contributed by atoms with Crippen LogP contribution in [0.15, 0.2) is 4.99 Å². The first-order chi connectivity index (χ1) is 8.20. The normalized spacial score (nSPS) is 19.7. The summed E-state index contributed by atoms with van der Waals surface area (Å²) in [7, 11) is 1.47. The Bertz CT molecular complexity index is 376. The van der Waals surface area contributed by atoms with Crippen molar-refractivity contribution < 1.29 is 9.59 Å². The van der Waals surface area contributed by atoms with E-state index in [4.69, 9.17) is 5.73 Å². The summed E-state index contributed by atoms with van der Waals surface area (Å²) in [5, 5.41) is 0. The van der Waals surface area contributed by atoms with Crippen LogP contribution in [0, 0.1) is 17.3 Å². The van der Waals surface area contributed by atoms with E-state index in [-0.39, 0.29) is 11.7 Å². The van der Waals surface area contributed by atoms with Crippen LogP contribution in [-0.2, 0) is 4.79 Å². The zero-order valence-electron chi connectivity index (χ0n) is 11.9. The number of rotatable bonds is 4. The van der Waals surface area contributed by atoms with Gasteiger partial charge in [-0.05, 0) is 24.7 Å². The quantitative estimate of drug-likeness (QED) is 0.832. The lowest BCUT2D eigenvalue weighted by molar-refractivity contribution is -0.136. The number of carbonyl (C=O) groups is 2. The molecule has 0 radical (unpaired) electrons. The molecule has 18 heavy (non-hydrogen) atoms. The van der Waals surface area contributed by atoms with E-state index in [1.54, 1.807) is 0 Å². The highest BCUT2D eigenvalue weighted by Crippen LogP contribution is 2.38. The second kappa shape index (κ2) is 5.08. The Morgan fingerprint density at radius 2 is 1.61 bits per heavy atom. The Hall–Kier alpha value is -1.39. The van der Waals surface area contributed by atoms with E-state index in [2.05, 4.69) is 4.99 Å². The average molecular weight is 253 g/mol. The molecule has 5 heteroatoms. The largest absolute Gasteiger partial charge is 0.386 e. The summed E-state index contributed by atoms with van der Waals surface area (Å²) >= 11 is 0. The van der Waals surface area contributed by atoms with Gasteiger partial charge >= 0.3 is 6.03 Å². The van der Waals surface area contributed by atoms with Gasteiger partial charge in [-0.1, -0.05) is 27.7 Å². The molecule has 2 N–H and O–H groups in total. The number of hydrogen-bond acceptors (Lipinski definition) is 3. The number of nitrogens with zero attached hydrogens (tertiary/aromatic N) is 2. The predicted octanol–water partition coefficient (Wildman–Crippen LogP) is 2.01. The lowest BCUT2D eigenvalue weighted by Gasteiger charge is -2.39. The van der Waals surface area contributed by atoms with Gasteiger partial charge in [-0.25, -0.2) is 4.79 Å². The van der Waals surface area contributed by atoms with E-state index in [0.29, 0.717) is 24.7 Å². The van der Waals surface area contributed by atoms with Gasteiger partial charge in [-0.2, -0.15) is 4.99 Å². The van der Waals surface area contributed by atoms with Crippen LogP contribution in [0.25, 0.3) is 0 Å². The number of amides is 3. The summed E-state index contributed by atoms with van der Waals surface area (Å²) in [5.41, 5.74) is 5.12. The van der Waals surface area contributed by atoms with E-state index >= 15 is 0 Å². The first kappa shape index (κ1) is 14.7. The molecule has 1 heterocycles. The van der Waals surface area contributed by atoms with Crippen molar-refractivity contribution in [3.8, 4) is 0 Å². The van der Waals surface area contributed by atoms with Crippen LogP contribution in [-0.4, -0.2) is 29.7 Å². The molecular weight excluding hydrogens is 230 g/mol. The highest BCUT2D eigenvalue weighted by Gasteiger charge is 2.49. The van der Waals surface area contributed by atoms with E-state index in [1.165, 1.54) is 7.05 Å². The number of hydrogen-bond donors (Lipinski definition) is 1. The molecule has 0 bridgehead atoms. The van der Waals surface area contributed by atoms with Gasteiger partial charge in [0.2, 0.25) is 5.91 Å². The number of carbonyl (C=O) groups excluding carboxylic acids is 2. The molecule has 1 rings (SSSR count). The molecular formula is C13H23N3O2. The molecule has 0 aliphatic carbocycles. The summed E-state index contributed by atoms with van der Waals surface area (Å²) in [6, 6.07) is -0.569. The Labute approximate surface area is 108 Å². The molecule has 5 nitrogen and oxygen atoms in total. The van der Waals surface area contributed by atoms with Crippen LogP contribution in [0.3, 0.4) is 0 Å². The molecule has 0 fully saturated rings. The molecule has 1 aliphatic rings. The Morgan fingerprint density at radius 1 is 1.17 bits per heavy atom. The van der Waals surface area contributed by atoms with E-state index in [1.807, 2.05) is 27.7 Å². The van der Waals surface area contributed by atoms with Crippen molar-refractivity contribution in [1.29, 1.82) is 0 Å². The first-order valence-corrected chi connectivity index (χ1v) is 6.37. The van der Waals surface area contributed by atoms with Crippen LogP contribution in [0.5, 0.6) is 0 Å². The fourth-order valence-corrected chi connectivity index (χ4v) is 2.66. The highest BCUT2D eigenvalue weighted by atomic mass is 16.2. The van der Waals surface area contributed by atoms with Crippen molar-refractivity contribution in [2.45, 2.75) is 40.5 Å². The van der Waals surface area contributed by atoms with Gasteiger partial charge in [0.25, 0.3) is 0 Å². The lowest BCUT2D eigenvalue weighted by atomic mass is 9.71. The minimum Gasteiger partial charge on any atom is -0.386 e. The van der Waals surface area contributed by atoms with Crippen LogP contribution in [0.2, 0.25) is 0 Å². The highest BCUT2D eigenvalue weighted by molar-refractivity contribution is 6.18. The monoisotopic (exact) mass is 253 g/mol. The molecule has 0 saturated heterocycles. The maximum atomic E-state index is 12.5. The summed E-state index contributed by atoms with van der Waals surface area (Å²) < 4.78 is 0. The summed E-state index contributed by atoms with van der Waals surface area (Å²) in [4.78, 5) is 28.9.